The van der Waals surface area contributed by atoms with Crippen LogP contribution in [0.15, 0.2) is 59.2 Å². The fourth-order valence-electron chi connectivity index (χ4n) is 2.67. The molecule has 2 aromatic heterocycles. The second-order valence-electron chi connectivity index (χ2n) is 6.73. The van der Waals surface area contributed by atoms with E-state index in [0.29, 0.717) is 29.3 Å². The van der Waals surface area contributed by atoms with Crippen LogP contribution >= 0.6 is 0 Å². The van der Waals surface area contributed by atoms with E-state index in [1.807, 2.05) is 36.1 Å². The Labute approximate surface area is 195 Å². The zero-order chi connectivity index (χ0) is 25.3. The smallest absolute Gasteiger partial charge is 0.269 e. The number of methoxy groups -OCH3 is 1. The Hall–Kier alpha value is -3.79. The van der Waals surface area contributed by atoms with E-state index in [-0.39, 0.29) is 12.3 Å². The Balaban J connectivity index is 0.000000604. The Bertz CT molecular complexity index is 1280. The first-order valence-corrected chi connectivity index (χ1v) is 10.8. The number of nitro benzene ring substituents is 1. The highest BCUT2D eigenvalue weighted by molar-refractivity contribution is 7.80. The second-order valence-corrected chi connectivity index (χ2v) is 7.88. The van der Waals surface area contributed by atoms with Crippen LogP contribution in [0.1, 0.15) is 11.1 Å². The number of nitrogen functional groups attached to an aromatic ring is 1. The molecule has 0 saturated heterocycles. The Kier molecular flexibility index (Phi) is 9.26. The molecule has 0 saturated carbocycles. The quantitative estimate of drug-likeness (QED) is 0.122. The zero-order valence-electron chi connectivity index (χ0n) is 18.6. The molecule has 1 aromatic carbocycles. The molecular weight excluding hydrogens is 470 g/mol. The molecule has 0 aliphatic rings. The summed E-state index contributed by atoms with van der Waals surface area (Å²) in [6.07, 6.45) is 5.46. The maximum atomic E-state index is 10.9. The van der Waals surface area contributed by atoms with Gasteiger partial charge in [0, 0.05) is 36.4 Å². The van der Waals surface area contributed by atoms with E-state index < -0.39 is 15.3 Å². The first-order valence-electron chi connectivity index (χ1n) is 9.49. The van der Waals surface area contributed by atoms with E-state index in [0.717, 1.165) is 12.7 Å². The van der Waals surface area contributed by atoms with Gasteiger partial charge in [-0.1, -0.05) is 0 Å². The highest BCUT2D eigenvalue weighted by atomic mass is 32.3. The van der Waals surface area contributed by atoms with Gasteiger partial charge in [-0.25, -0.2) is 17.7 Å². The molecule has 0 fully saturated rings. The molecule has 0 aliphatic heterocycles. The molecule has 0 aliphatic carbocycles. The molecule has 0 radical (unpaired) electrons. The number of hydrogen-bond donors (Lipinski definition) is 1. The van der Waals surface area contributed by atoms with Crippen LogP contribution in [0.25, 0.3) is 0 Å². The average molecular weight is 494 g/mol. The number of nitrogens with zero attached hydrogens (tertiary/aromatic N) is 6. The lowest BCUT2D eigenvalue weighted by atomic mass is 10.1. The maximum Gasteiger partial charge on any atom is 0.269 e. The third-order valence-corrected chi connectivity index (χ3v) is 4.64. The van der Waals surface area contributed by atoms with Gasteiger partial charge in [0.1, 0.15) is 18.6 Å². The molecular formula is C19H23N7O7S. The Morgan fingerprint density at radius 1 is 1.24 bits per heavy atom. The van der Waals surface area contributed by atoms with Crippen molar-refractivity contribution in [3.63, 3.8) is 0 Å². The highest BCUT2D eigenvalue weighted by Gasteiger charge is 2.12. The van der Waals surface area contributed by atoms with Crippen molar-refractivity contribution in [1.29, 1.82) is 0 Å². The molecule has 0 atom stereocenters. The molecule has 2 heterocycles. The van der Waals surface area contributed by atoms with Crippen LogP contribution in [0, 0.1) is 10.1 Å². The summed E-state index contributed by atoms with van der Waals surface area (Å²) in [5.41, 5.74) is 8.59. The summed E-state index contributed by atoms with van der Waals surface area (Å²) in [6.45, 7) is 0.679. The van der Waals surface area contributed by atoms with Gasteiger partial charge in [0.05, 0.1) is 37.1 Å². The number of pyridine rings is 1. The second kappa shape index (κ2) is 11.9. The number of azo groups is 1. The average Bonchev–Trinajstić information content (AvgIpc) is 3.12. The van der Waals surface area contributed by atoms with Gasteiger partial charge < -0.3 is 15.0 Å². The summed E-state index contributed by atoms with van der Waals surface area (Å²) >= 11 is 0. The monoisotopic (exact) mass is 493 g/mol. The number of nitro groups is 1. The van der Waals surface area contributed by atoms with Crippen LogP contribution in [-0.2, 0) is 39.5 Å². The van der Waals surface area contributed by atoms with E-state index in [1.54, 1.807) is 4.68 Å². The van der Waals surface area contributed by atoms with Crippen LogP contribution in [0.2, 0.25) is 0 Å². The van der Waals surface area contributed by atoms with E-state index in [1.165, 1.54) is 31.5 Å². The molecule has 0 bridgehead atoms. The van der Waals surface area contributed by atoms with Crippen LogP contribution in [-0.4, -0.2) is 41.9 Å². The fraction of sp³-hybridized carbons (Fsp3) is 0.263. The first-order chi connectivity index (χ1) is 16.0. The van der Waals surface area contributed by atoms with Gasteiger partial charge in [-0.05, 0) is 12.1 Å². The fourth-order valence-corrected chi connectivity index (χ4v) is 2.67. The van der Waals surface area contributed by atoms with E-state index >= 15 is 0 Å². The van der Waals surface area contributed by atoms with Gasteiger partial charge in [-0.15, -0.1) is 10.2 Å². The third kappa shape index (κ3) is 7.96. The van der Waals surface area contributed by atoms with Gasteiger partial charge in [-0.2, -0.15) is 5.10 Å². The van der Waals surface area contributed by atoms with Crippen molar-refractivity contribution in [1.82, 2.24) is 9.78 Å². The number of non-ortho nitro benzene ring substituents is 1. The summed E-state index contributed by atoms with van der Waals surface area (Å²) in [4.78, 5) is 10.5. The largest absolute Gasteiger partial charge is 0.726 e. The molecule has 3 rings (SSSR count). The summed E-state index contributed by atoms with van der Waals surface area (Å²) in [7, 11) is -0.157. The van der Waals surface area contributed by atoms with Crippen molar-refractivity contribution in [3.8, 4) is 0 Å². The van der Waals surface area contributed by atoms with Crippen molar-refractivity contribution in [3.05, 3.63) is 70.2 Å². The number of aryl methyl sites for hydroxylation is 1. The highest BCUT2D eigenvalue weighted by Crippen LogP contribution is 2.29. The molecule has 0 amide bonds. The molecule has 34 heavy (non-hydrogen) atoms. The Morgan fingerprint density at radius 3 is 2.50 bits per heavy atom. The van der Waals surface area contributed by atoms with Gasteiger partial charge in [-0.3, -0.25) is 14.3 Å². The molecule has 0 spiro atoms. The van der Waals surface area contributed by atoms with Crippen LogP contribution < -0.4 is 10.3 Å². The lowest BCUT2D eigenvalue weighted by Crippen LogP contribution is -2.27. The predicted molar refractivity (Wildman–Crippen MR) is 118 cm³/mol. The number of benzene rings is 1. The van der Waals surface area contributed by atoms with E-state index in [9.17, 15) is 23.1 Å². The summed E-state index contributed by atoms with van der Waals surface area (Å²) in [5, 5.41) is 23.5. The SMILES string of the molecule is COCc1cc([N+](=O)[O-])ccc1N=Nc1cnn(Cc2ccc[n+](C)c2)c1N.COS(=O)(=O)[O-]. The van der Waals surface area contributed by atoms with Crippen molar-refractivity contribution in [2.75, 3.05) is 20.0 Å². The van der Waals surface area contributed by atoms with Gasteiger partial charge in [0.15, 0.2) is 12.4 Å². The molecule has 14 nitrogen and oxygen atoms in total. The number of anilines is 1. The zero-order valence-corrected chi connectivity index (χ0v) is 19.4. The number of nitrogens with two attached hydrogens (primary N) is 1. The van der Waals surface area contributed by atoms with E-state index in [4.69, 9.17) is 10.5 Å². The van der Waals surface area contributed by atoms with Crippen LogP contribution in [0.5, 0.6) is 0 Å². The molecule has 182 valence electrons. The normalized spacial score (nSPS) is 11.3. The van der Waals surface area contributed by atoms with Gasteiger partial charge >= 0.3 is 0 Å². The van der Waals surface area contributed by atoms with Gasteiger partial charge in [0.25, 0.3) is 5.69 Å². The minimum atomic E-state index is -4.41. The van der Waals surface area contributed by atoms with Crippen LogP contribution in [0.3, 0.4) is 0 Å². The molecule has 0 unspecified atom stereocenters. The predicted octanol–water partition coefficient (Wildman–Crippen LogP) is 1.90. The minimum absolute atomic E-state index is 0.0330. The summed E-state index contributed by atoms with van der Waals surface area (Å²) in [6, 6.07) is 8.24. The molecule has 2 N–H and O–H groups in total. The van der Waals surface area contributed by atoms with E-state index in [2.05, 4.69) is 19.5 Å². The first kappa shape index (κ1) is 26.5. The molecule has 3 aromatic rings. The van der Waals surface area contributed by atoms with Crippen LogP contribution in [0.4, 0.5) is 22.9 Å². The minimum Gasteiger partial charge on any atom is -0.726 e. The number of rotatable bonds is 8. The van der Waals surface area contributed by atoms with Crippen molar-refractivity contribution in [2.45, 2.75) is 13.2 Å². The lowest BCUT2D eigenvalue weighted by molar-refractivity contribution is -0.671. The maximum absolute atomic E-state index is 10.9. The van der Waals surface area contributed by atoms with Crippen molar-refractivity contribution in [2.24, 2.45) is 17.3 Å². The van der Waals surface area contributed by atoms with Gasteiger partial charge in [0.2, 0.25) is 10.4 Å². The topological polar surface area (TPSA) is 191 Å². The standard InChI is InChI=1S/C18H20N7O3.CH4O4S/c1-23-7-3-4-13(10-23)11-24-18(19)17(9-20-24)22-21-16-6-5-15(25(26)27)8-14(16)12-28-2;1-5-6(2,3)4/h3-10H,11-12,19H2,1-2H3;1H3,(H,2,3,4)/q+1;/p-1. The summed E-state index contributed by atoms with van der Waals surface area (Å²) in [5.74, 6) is 0.380. The third-order valence-electron chi connectivity index (χ3n) is 4.24. The number of aromatic nitrogens is 3. The van der Waals surface area contributed by atoms with Crippen molar-refractivity contribution < 1.29 is 31.4 Å². The molecule has 15 heteroatoms. The lowest BCUT2D eigenvalue weighted by Gasteiger charge is -2.04. The summed E-state index contributed by atoms with van der Waals surface area (Å²) < 4.78 is 39.7. The Morgan fingerprint density at radius 2 is 1.91 bits per heavy atom. The number of ether oxygens (including phenoxy) is 1. The number of hydrogen-bond acceptors (Lipinski definition) is 11. The van der Waals surface area contributed by atoms with Crippen molar-refractivity contribution >= 4 is 33.3 Å².